The highest BCUT2D eigenvalue weighted by Gasteiger charge is 2.65. The van der Waals surface area contributed by atoms with Gasteiger partial charge in [-0.15, -0.1) is 0 Å². The Balaban J connectivity index is 1.22. The molecule has 0 bridgehead atoms. The Morgan fingerprint density at radius 3 is 2.61 bits per heavy atom. The summed E-state index contributed by atoms with van der Waals surface area (Å²) in [6.07, 6.45) is 13.1. The summed E-state index contributed by atoms with van der Waals surface area (Å²) in [5, 5.41) is 18.5. The highest BCUT2D eigenvalue weighted by atomic mass is 16.6. The van der Waals surface area contributed by atoms with Crippen molar-refractivity contribution in [3.63, 3.8) is 0 Å². The Kier molecular flexibility index (Phi) is 6.56. The number of Topliss-reactive ketones (excluding diaryl/α,β-unsaturated/α-hetero) is 1. The standard InChI is InChI=1S/C29H39N3O4/c1-19(33)29(35)13-8-25-23-5-4-21-16-22(6-11-27(21,2)24(23)7-12-28(25,29)3)32-36-18-26(34)31-17-20-9-14-30-15-10-20/h9-10,14-16,23-25,35H,4-8,11-13,17-18H2,1-3H3,(H,31,34)/b32-22-/t23-,24+,25+,27+,28+,29+/m1/s1. The van der Waals surface area contributed by atoms with Crippen molar-refractivity contribution in [2.75, 3.05) is 6.61 Å². The van der Waals surface area contributed by atoms with Crippen LogP contribution in [0.1, 0.15) is 77.7 Å². The number of amides is 1. The van der Waals surface area contributed by atoms with Crippen LogP contribution in [0.3, 0.4) is 0 Å². The molecule has 1 aromatic rings. The van der Waals surface area contributed by atoms with E-state index in [1.165, 1.54) is 5.57 Å². The molecule has 0 unspecified atom stereocenters. The topological polar surface area (TPSA) is 101 Å². The van der Waals surface area contributed by atoms with Crippen LogP contribution in [0.25, 0.3) is 0 Å². The van der Waals surface area contributed by atoms with E-state index in [4.69, 9.17) is 4.84 Å². The number of aromatic nitrogens is 1. The Labute approximate surface area is 213 Å². The summed E-state index contributed by atoms with van der Waals surface area (Å²) < 4.78 is 0. The van der Waals surface area contributed by atoms with Crippen molar-refractivity contribution in [1.82, 2.24) is 10.3 Å². The SMILES string of the molecule is CC(=O)[C@@]1(O)CC[C@H]2[C@@H]3CCC4=C/C(=N\OCC(=O)NCc5ccncc5)CC[C@]4(C)[C@H]3CC[C@@]21C. The van der Waals surface area contributed by atoms with Crippen molar-refractivity contribution in [1.29, 1.82) is 0 Å². The van der Waals surface area contributed by atoms with Crippen molar-refractivity contribution in [3.05, 3.63) is 41.7 Å². The summed E-state index contributed by atoms with van der Waals surface area (Å²) in [5.41, 5.74) is 2.02. The largest absolute Gasteiger partial charge is 0.385 e. The van der Waals surface area contributed by atoms with Gasteiger partial charge in [-0.25, -0.2) is 0 Å². The van der Waals surface area contributed by atoms with Gasteiger partial charge in [-0.05, 0) is 105 Å². The second kappa shape index (κ2) is 9.40. The zero-order valence-corrected chi connectivity index (χ0v) is 21.8. The van der Waals surface area contributed by atoms with Crippen LogP contribution in [0.5, 0.6) is 0 Å². The molecule has 3 saturated carbocycles. The number of carbonyl (C=O) groups excluding carboxylic acids is 2. The lowest BCUT2D eigenvalue weighted by Crippen LogP contribution is -2.57. The number of aliphatic hydroxyl groups is 1. The molecule has 0 saturated heterocycles. The molecule has 1 heterocycles. The molecular formula is C29H39N3O4. The summed E-state index contributed by atoms with van der Waals surface area (Å²) >= 11 is 0. The maximum Gasteiger partial charge on any atom is 0.261 e. The number of carbonyl (C=O) groups is 2. The zero-order chi connectivity index (χ0) is 25.6. The molecule has 3 fully saturated rings. The van der Waals surface area contributed by atoms with Gasteiger partial charge in [0, 0.05) is 24.4 Å². The molecule has 0 radical (unpaired) electrons. The highest BCUT2D eigenvalue weighted by Crippen LogP contribution is 2.67. The van der Waals surface area contributed by atoms with Gasteiger partial charge in [0.2, 0.25) is 0 Å². The van der Waals surface area contributed by atoms with Gasteiger partial charge in [-0.3, -0.25) is 14.6 Å². The number of fused-ring (bicyclic) bond motifs is 5. The molecule has 4 aliphatic carbocycles. The number of hydrogen-bond donors (Lipinski definition) is 2. The average Bonchev–Trinajstić information content (AvgIpc) is 3.15. The first kappa shape index (κ1) is 25.1. The molecule has 4 aliphatic rings. The first-order chi connectivity index (χ1) is 17.2. The summed E-state index contributed by atoms with van der Waals surface area (Å²) in [6.45, 7) is 6.49. The maximum absolute atomic E-state index is 12.4. The minimum absolute atomic E-state index is 0.0573. The first-order valence-corrected chi connectivity index (χ1v) is 13.5. The number of oxime groups is 1. The molecule has 1 amide bonds. The lowest BCUT2D eigenvalue weighted by Gasteiger charge is -2.59. The second-order valence-electron chi connectivity index (χ2n) is 11.9. The van der Waals surface area contributed by atoms with Gasteiger partial charge in [0.1, 0.15) is 5.60 Å². The molecule has 0 aromatic carbocycles. The Bertz CT molecular complexity index is 1090. The average molecular weight is 494 g/mol. The van der Waals surface area contributed by atoms with Crippen molar-refractivity contribution in [3.8, 4) is 0 Å². The minimum Gasteiger partial charge on any atom is -0.385 e. The third-order valence-corrected chi connectivity index (χ3v) is 10.3. The predicted octanol–water partition coefficient (Wildman–Crippen LogP) is 4.35. The van der Waals surface area contributed by atoms with Gasteiger partial charge in [0.25, 0.3) is 5.91 Å². The Hall–Kier alpha value is -2.54. The molecule has 36 heavy (non-hydrogen) atoms. The summed E-state index contributed by atoms with van der Waals surface area (Å²) in [4.78, 5) is 34.0. The molecule has 0 spiro atoms. The highest BCUT2D eigenvalue weighted by molar-refractivity contribution is 5.96. The lowest BCUT2D eigenvalue weighted by atomic mass is 9.46. The van der Waals surface area contributed by atoms with E-state index >= 15 is 0 Å². The number of nitrogens with one attached hydrogen (secondary N) is 1. The number of nitrogens with zero attached hydrogens (tertiary/aromatic N) is 2. The molecule has 194 valence electrons. The normalized spacial score (nSPS) is 38.4. The van der Waals surface area contributed by atoms with E-state index in [9.17, 15) is 14.7 Å². The third kappa shape index (κ3) is 4.09. The predicted molar refractivity (Wildman–Crippen MR) is 137 cm³/mol. The number of hydrogen-bond acceptors (Lipinski definition) is 6. The quantitative estimate of drug-likeness (QED) is 0.574. The summed E-state index contributed by atoms with van der Waals surface area (Å²) in [6, 6.07) is 3.73. The van der Waals surface area contributed by atoms with E-state index in [0.29, 0.717) is 30.7 Å². The van der Waals surface area contributed by atoms with Crippen LogP contribution in [-0.2, 0) is 21.0 Å². The van der Waals surface area contributed by atoms with Crippen LogP contribution in [0.2, 0.25) is 0 Å². The van der Waals surface area contributed by atoms with Crippen LogP contribution in [0.15, 0.2) is 41.3 Å². The number of pyridine rings is 1. The maximum atomic E-state index is 12.4. The van der Waals surface area contributed by atoms with E-state index in [1.54, 1.807) is 19.3 Å². The van der Waals surface area contributed by atoms with Crippen molar-refractivity contribution >= 4 is 17.4 Å². The second-order valence-corrected chi connectivity index (χ2v) is 11.9. The molecule has 5 rings (SSSR count). The fraction of sp³-hybridized carbons (Fsp3) is 0.655. The van der Waals surface area contributed by atoms with Crippen molar-refractivity contribution < 1.29 is 19.5 Å². The third-order valence-electron chi connectivity index (χ3n) is 10.3. The molecule has 7 heteroatoms. The van der Waals surface area contributed by atoms with Gasteiger partial charge in [-0.1, -0.05) is 24.6 Å². The van der Waals surface area contributed by atoms with Gasteiger partial charge in [0.15, 0.2) is 12.4 Å². The Morgan fingerprint density at radius 1 is 1.11 bits per heavy atom. The minimum atomic E-state index is -1.16. The van der Waals surface area contributed by atoms with Crippen LogP contribution < -0.4 is 5.32 Å². The zero-order valence-electron chi connectivity index (χ0n) is 21.8. The molecule has 0 aliphatic heterocycles. The molecule has 7 nitrogen and oxygen atoms in total. The van der Waals surface area contributed by atoms with Gasteiger partial charge < -0.3 is 15.3 Å². The molecule has 2 N–H and O–H groups in total. The Morgan fingerprint density at radius 2 is 1.86 bits per heavy atom. The monoisotopic (exact) mass is 493 g/mol. The molecule has 1 aromatic heterocycles. The molecular weight excluding hydrogens is 454 g/mol. The van der Waals surface area contributed by atoms with Crippen molar-refractivity contribution in [2.45, 2.75) is 84.3 Å². The van der Waals surface area contributed by atoms with Crippen LogP contribution in [-0.4, -0.2) is 39.7 Å². The fourth-order valence-electron chi connectivity index (χ4n) is 8.16. The van der Waals surface area contributed by atoms with E-state index in [1.807, 2.05) is 12.1 Å². The van der Waals surface area contributed by atoms with Gasteiger partial charge >= 0.3 is 0 Å². The number of rotatable bonds is 6. The summed E-state index contributed by atoms with van der Waals surface area (Å²) in [5.74, 6) is 1.28. The van der Waals surface area contributed by atoms with E-state index in [2.05, 4.69) is 35.4 Å². The van der Waals surface area contributed by atoms with Gasteiger partial charge in [0.05, 0.1) is 5.71 Å². The van der Waals surface area contributed by atoms with Crippen LogP contribution >= 0.6 is 0 Å². The fourth-order valence-corrected chi connectivity index (χ4v) is 8.16. The van der Waals surface area contributed by atoms with Crippen LogP contribution in [0, 0.1) is 28.6 Å². The summed E-state index contributed by atoms with van der Waals surface area (Å²) in [7, 11) is 0. The van der Waals surface area contributed by atoms with E-state index < -0.39 is 5.60 Å². The number of allylic oxidation sites excluding steroid dienone is 2. The first-order valence-electron chi connectivity index (χ1n) is 13.5. The molecule has 6 atom stereocenters. The van der Waals surface area contributed by atoms with Gasteiger partial charge in [-0.2, -0.15) is 0 Å². The van der Waals surface area contributed by atoms with Crippen molar-refractivity contribution in [2.24, 2.45) is 33.7 Å². The van der Waals surface area contributed by atoms with Crippen LogP contribution in [0.4, 0.5) is 0 Å². The smallest absolute Gasteiger partial charge is 0.261 e. The number of ketones is 1. The lowest BCUT2D eigenvalue weighted by molar-refractivity contribution is -0.159. The van der Waals surface area contributed by atoms with E-state index in [-0.39, 0.29) is 29.1 Å². The van der Waals surface area contributed by atoms with E-state index in [0.717, 1.165) is 56.2 Å².